The van der Waals surface area contributed by atoms with Crippen molar-refractivity contribution in [1.29, 1.82) is 0 Å². The minimum Gasteiger partial charge on any atom is -0.435 e. The molecular weight excluding hydrogens is 498 g/mol. The van der Waals surface area contributed by atoms with E-state index in [1.807, 2.05) is 0 Å². The second-order valence-electron chi connectivity index (χ2n) is 6.49. The van der Waals surface area contributed by atoms with E-state index in [0.717, 1.165) is 11.3 Å². The highest BCUT2D eigenvalue weighted by Crippen LogP contribution is 2.24. The van der Waals surface area contributed by atoms with E-state index < -0.39 is 18.6 Å². The summed E-state index contributed by atoms with van der Waals surface area (Å²) in [5, 5.41) is 7.28. The Morgan fingerprint density at radius 3 is 2.68 bits per heavy atom. The number of amides is 2. The summed E-state index contributed by atoms with van der Waals surface area (Å²) in [4.78, 5) is 35.0. The molecule has 1 N–H and O–H groups in total. The zero-order valence-electron chi connectivity index (χ0n) is 16.5. The number of nitrogens with zero attached hydrogens (tertiary/aromatic N) is 5. The molecule has 13 heteroatoms. The molecule has 0 unspecified atom stereocenters. The number of hydrogen-bond donors (Lipinski definition) is 1. The van der Waals surface area contributed by atoms with Gasteiger partial charge in [-0.3, -0.25) is 9.59 Å². The topological polar surface area (TPSA) is 102 Å². The number of rotatable bonds is 7. The SMILES string of the molecule is C[C@H](NC(=O)c1cc(Br)cc(OC(F)F)c1)c1ncnn1-c1ncc(C(=O)N(C)C)s1. The van der Waals surface area contributed by atoms with Crippen LogP contribution in [0.15, 0.2) is 35.2 Å². The van der Waals surface area contributed by atoms with Crippen LogP contribution < -0.4 is 10.1 Å². The second-order valence-corrected chi connectivity index (χ2v) is 8.41. The maximum Gasteiger partial charge on any atom is 0.387 e. The molecule has 1 atom stereocenters. The lowest BCUT2D eigenvalue weighted by molar-refractivity contribution is -0.0499. The highest BCUT2D eigenvalue weighted by atomic mass is 79.9. The lowest BCUT2D eigenvalue weighted by atomic mass is 10.2. The van der Waals surface area contributed by atoms with Gasteiger partial charge in [0, 0.05) is 24.1 Å². The van der Waals surface area contributed by atoms with Crippen LogP contribution in [0.4, 0.5) is 8.78 Å². The van der Waals surface area contributed by atoms with Crippen molar-refractivity contribution in [3.8, 4) is 10.9 Å². The van der Waals surface area contributed by atoms with Crippen molar-refractivity contribution in [2.45, 2.75) is 19.6 Å². The van der Waals surface area contributed by atoms with Gasteiger partial charge in [0.05, 0.1) is 12.2 Å². The summed E-state index contributed by atoms with van der Waals surface area (Å²) in [6.45, 7) is -1.32. The van der Waals surface area contributed by atoms with Crippen LogP contribution in [-0.2, 0) is 0 Å². The van der Waals surface area contributed by atoms with Gasteiger partial charge in [-0.2, -0.15) is 18.6 Å². The molecule has 0 aliphatic carbocycles. The van der Waals surface area contributed by atoms with Gasteiger partial charge < -0.3 is 15.0 Å². The number of nitrogens with one attached hydrogen (secondary N) is 1. The maximum atomic E-state index is 12.7. The van der Waals surface area contributed by atoms with Gasteiger partial charge in [0.2, 0.25) is 5.13 Å². The summed E-state index contributed by atoms with van der Waals surface area (Å²) >= 11 is 4.31. The Kier molecular flexibility index (Phi) is 6.95. The molecule has 0 saturated heterocycles. The van der Waals surface area contributed by atoms with Crippen LogP contribution in [0.1, 0.15) is 38.8 Å². The van der Waals surface area contributed by atoms with Gasteiger partial charge >= 0.3 is 6.61 Å². The third kappa shape index (κ3) is 5.41. The molecule has 3 rings (SSSR count). The number of carbonyl (C=O) groups is 2. The number of aromatic nitrogens is 4. The predicted octanol–water partition coefficient (Wildman–Crippen LogP) is 3.28. The molecular formula is C18H17BrF2N6O3S. The summed E-state index contributed by atoms with van der Waals surface area (Å²) in [6.07, 6.45) is 2.75. The van der Waals surface area contributed by atoms with Crippen LogP contribution in [0.5, 0.6) is 5.75 Å². The van der Waals surface area contributed by atoms with Crippen molar-refractivity contribution in [3.05, 3.63) is 51.5 Å². The number of alkyl halides is 2. The van der Waals surface area contributed by atoms with Crippen LogP contribution in [0.25, 0.3) is 5.13 Å². The number of thiazole rings is 1. The van der Waals surface area contributed by atoms with Crippen molar-refractivity contribution < 1.29 is 23.1 Å². The fourth-order valence-electron chi connectivity index (χ4n) is 2.58. The first-order chi connectivity index (χ1) is 14.7. The predicted molar refractivity (Wildman–Crippen MR) is 112 cm³/mol. The molecule has 0 saturated carbocycles. The lowest BCUT2D eigenvalue weighted by Gasteiger charge is -2.14. The molecule has 0 spiro atoms. The highest BCUT2D eigenvalue weighted by molar-refractivity contribution is 9.10. The Morgan fingerprint density at radius 1 is 1.26 bits per heavy atom. The Morgan fingerprint density at radius 2 is 2.00 bits per heavy atom. The van der Waals surface area contributed by atoms with Crippen molar-refractivity contribution >= 4 is 39.1 Å². The largest absolute Gasteiger partial charge is 0.435 e. The monoisotopic (exact) mass is 514 g/mol. The van der Waals surface area contributed by atoms with Gasteiger partial charge in [0.25, 0.3) is 11.8 Å². The van der Waals surface area contributed by atoms with Gasteiger partial charge in [-0.05, 0) is 25.1 Å². The summed E-state index contributed by atoms with van der Waals surface area (Å²) in [5.74, 6) is -0.481. The quantitative estimate of drug-likeness (QED) is 0.519. The van der Waals surface area contributed by atoms with E-state index in [2.05, 4.69) is 41.1 Å². The van der Waals surface area contributed by atoms with Crippen molar-refractivity contribution in [3.63, 3.8) is 0 Å². The molecule has 2 heterocycles. The average Bonchev–Trinajstić information content (AvgIpc) is 3.35. The van der Waals surface area contributed by atoms with Gasteiger partial charge in [0.1, 0.15) is 17.0 Å². The summed E-state index contributed by atoms with van der Waals surface area (Å²) in [7, 11) is 3.28. The minimum atomic E-state index is -3.01. The maximum absolute atomic E-state index is 12.7. The number of halogens is 3. The van der Waals surface area contributed by atoms with Crippen molar-refractivity contribution in [1.82, 2.24) is 30.0 Å². The Balaban J connectivity index is 1.79. The first-order valence-electron chi connectivity index (χ1n) is 8.79. The Labute approximate surface area is 188 Å². The number of hydrogen-bond acceptors (Lipinski definition) is 7. The molecule has 0 bridgehead atoms. The Bertz CT molecular complexity index is 1100. The summed E-state index contributed by atoms with van der Waals surface area (Å²) < 4.78 is 31.2. The molecule has 0 aliphatic heterocycles. The minimum absolute atomic E-state index is 0.121. The fraction of sp³-hybridized carbons (Fsp3) is 0.278. The van der Waals surface area contributed by atoms with E-state index in [0.29, 0.717) is 20.3 Å². The van der Waals surface area contributed by atoms with E-state index in [1.165, 1.54) is 40.3 Å². The normalized spacial score (nSPS) is 12.0. The van der Waals surface area contributed by atoms with Crippen LogP contribution in [-0.4, -0.2) is 57.2 Å². The number of carbonyl (C=O) groups excluding carboxylic acids is 2. The third-order valence-corrected chi connectivity index (χ3v) is 5.38. The molecule has 2 aromatic heterocycles. The zero-order valence-corrected chi connectivity index (χ0v) is 18.9. The summed E-state index contributed by atoms with van der Waals surface area (Å²) in [6, 6.07) is 3.41. The molecule has 0 aliphatic rings. The molecule has 3 aromatic rings. The van der Waals surface area contributed by atoms with E-state index in [1.54, 1.807) is 21.0 Å². The highest BCUT2D eigenvalue weighted by Gasteiger charge is 2.21. The number of ether oxygens (including phenoxy) is 1. The van der Waals surface area contributed by atoms with Gasteiger partial charge in [0.15, 0.2) is 5.82 Å². The molecule has 0 fully saturated rings. The molecule has 0 radical (unpaired) electrons. The van der Waals surface area contributed by atoms with E-state index in [-0.39, 0.29) is 17.2 Å². The average molecular weight is 515 g/mol. The van der Waals surface area contributed by atoms with Crippen LogP contribution >= 0.6 is 27.3 Å². The first kappa shape index (κ1) is 22.7. The van der Waals surface area contributed by atoms with Crippen LogP contribution in [0.2, 0.25) is 0 Å². The third-order valence-electron chi connectivity index (χ3n) is 3.96. The second kappa shape index (κ2) is 9.47. The lowest BCUT2D eigenvalue weighted by Crippen LogP contribution is -2.28. The van der Waals surface area contributed by atoms with Crippen molar-refractivity contribution in [2.75, 3.05) is 14.1 Å². The molecule has 2 amide bonds. The molecule has 9 nitrogen and oxygen atoms in total. The number of benzene rings is 1. The standard InChI is InChI=1S/C18H17BrF2N6O3S/c1-9(25-15(28)10-4-11(19)6-12(5-10)30-17(20)21)14-23-8-24-27(14)18-22-7-13(31-18)16(29)26(2)3/h4-9,17H,1-3H3,(H,25,28)/t9-/m0/s1. The van der Waals surface area contributed by atoms with Crippen molar-refractivity contribution in [2.24, 2.45) is 0 Å². The fourth-order valence-corrected chi connectivity index (χ4v) is 3.96. The molecule has 164 valence electrons. The van der Waals surface area contributed by atoms with E-state index in [4.69, 9.17) is 0 Å². The van der Waals surface area contributed by atoms with Crippen LogP contribution in [0, 0.1) is 0 Å². The first-order valence-corrected chi connectivity index (χ1v) is 10.4. The van der Waals surface area contributed by atoms with Gasteiger partial charge in [-0.25, -0.2) is 9.97 Å². The van der Waals surface area contributed by atoms with Crippen LogP contribution in [0.3, 0.4) is 0 Å². The van der Waals surface area contributed by atoms with E-state index in [9.17, 15) is 18.4 Å². The smallest absolute Gasteiger partial charge is 0.387 e. The van der Waals surface area contributed by atoms with Gasteiger partial charge in [-0.15, -0.1) is 0 Å². The Hall–Kier alpha value is -2.93. The van der Waals surface area contributed by atoms with E-state index >= 15 is 0 Å². The van der Waals surface area contributed by atoms with Gasteiger partial charge in [-0.1, -0.05) is 27.3 Å². The molecule has 31 heavy (non-hydrogen) atoms. The molecule has 1 aromatic carbocycles. The zero-order chi connectivity index (χ0) is 22.7. The summed E-state index contributed by atoms with van der Waals surface area (Å²) in [5.41, 5.74) is 0.121.